The largest absolute Gasteiger partial charge is 0.125 e. The Morgan fingerprint density at radius 3 is 2.41 bits per heavy atom. The van der Waals surface area contributed by atoms with Gasteiger partial charge in [-0.05, 0) is 54.4 Å². The van der Waals surface area contributed by atoms with E-state index >= 15 is 0 Å². The van der Waals surface area contributed by atoms with E-state index in [1.165, 1.54) is 54.4 Å². The van der Waals surface area contributed by atoms with Crippen LogP contribution in [0.4, 0.5) is 0 Å². The number of benzene rings is 1. The summed E-state index contributed by atoms with van der Waals surface area (Å²) in [6, 6.07) is 6.90. The topological polar surface area (TPSA) is 0 Å². The molecule has 1 rings (SSSR count). The van der Waals surface area contributed by atoms with E-state index in [0.717, 1.165) is 12.3 Å². The number of aryl methyl sites for hydroxylation is 2. The molecule has 1 aromatic carbocycles. The van der Waals surface area contributed by atoms with Crippen LogP contribution in [0.25, 0.3) is 5.57 Å². The Morgan fingerprint density at radius 1 is 1.18 bits per heavy atom. The third kappa shape index (κ3) is 7.14. The molecule has 0 aliphatic carbocycles. The second-order valence-corrected chi connectivity index (χ2v) is 5.93. The lowest BCUT2D eigenvalue weighted by Gasteiger charge is -2.14. The zero-order valence-electron chi connectivity index (χ0n) is 15.8. The molecular weight excluding hydrogens is 264 g/mol. The third-order valence-corrected chi connectivity index (χ3v) is 4.21. The molecule has 0 fully saturated rings. The monoisotopic (exact) mass is 300 g/mol. The molecule has 0 amide bonds. The molecule has 0 aromatic heterocycles. The van der Waals surface area contributed by atoms with Gasteiger partial charge >= 0.3 is 0 Å². The first kappa shape index (κ1) is 20.7. The van der Waals surface area contributed by atoms with E-state index in [-0.39, 0.29) is 0 Å². The van der Waals surface area contributed by atoms with E-state index in [1.807, 2.05) is 13.8 Å². The van der Waals surface area contributed by atoms with Crippen molar-refractivity contribution in [2.24, 2.45) is 5.92 Å². The number of unbranched alkanes of at least 4 members (excludes halogenated alkanes) is 1. The molecule has 0 heteroatoms. The van der Waals surface area contributed by atoms with Crippen LogP contribution in [-0.4, -0.2) is 0 Å². The molecule has 0 bridgehead atoms. The summed E-state index contributed by atoms with van der Waals surface area (Å²) in [4.78, 5) is 0. The second kappa shape index (κ2) is 12.3. The van der Waals surface area contributed by atoms with Crippen molar-refractivity contribution in [1.29, 1.82) is 0 Å². The summed E-state index contributed by atoms with van der Waals surface area (Å²) in [5.74, 6) is 0.821. The Morgan fingerprint density at radius 2 is 1.86 bits per heavy atom. The predicted octanol–water partition coefficient (Wildman–Crippen LogP) is 7.22. The van der Waals surface area contributed by atoms with Gasteiger partial charge in [-0.2, -0.15) is 0 Å². The third-order valence-electron chi connectivity index (χ3n) is 4.21. The van der Waals surface area contributed by atoms with Crippen molar-refractivity contribution in [3.05, 3.63) is 47.2 Å². The summed E-state index contributed by atoms with van der Waals surface area (Å²) in [7, 11) is 0. The quantitative estimate of drug-likeness (QED) is 0.444. The highest BCUT2D eigenvalue weighted by Gasteiger charge is 2.08. The standard InChI is InChI=1S/C20H30.C2H6/c1-6-9-10-16(4)11-13-19-14-12-18(8-3)15-20(19)17(5)7-2;1-2/h12,14-16H,2,6,8-11,13H2,1,3-5H3;1-2H3/t16-;/m0./s1. The van der Waals surface area contributed by atoms with Crippen LogP contribution in [0.15, 0.2) is 30.5 Å². The van der Waals surface area contributed by atoms with Gasteiger partial charge in [0.25, 0.3) is 0 Å². The van der Waals surface area contributed by atoms with E-state index in [4.69, 9.17) is 0 Å². The molecule has 0 unspecified atom stereocenters. The molecule has 124 valence electrons. The van der Waals surface area contributed by atoms with Gasteiger partial charge in [-0.1, -0.05) is 78.7 Å². The Kier molecular flexibility index (Phi) is 11.6. The van der Waals surface area contributed by atoms with Gasteiger partial charge in [-0.15, -0.1) is 5.73 Å². The van der Waals surface area contributed by atoms with Gasteiger partial charge in [0.1, 0.15) is 0 Å². The number of allylic oxidation sites excluding steroid dienone is 1. The van der Waals surface area contributed by atoms with Crippen LogP contribution in [-0.2, 0) is 12.8 Å². The molecule has 0 aliphatic heterocycles. The Bertz CT molecular complexity index is 461. The molecule has 0 N–H and O–H groups in total. The van der Waals surface area contributed by atoms with Crippen molar-refractivity contribution in [1.82, 2.24) is 0 Å². The first-order valence-electron chi connectivity index (χ1n) is 9.11. The minimum atomic E-state index is 0.821. The number of hydrogen-bond donors (Lipinski definition) is 0. The van der Waals surface area contributed by atoms with Crippen molar-refractivity contribution in [2.45, 2.75) is 80.1 Å². The summed E-state index contributed by atoms with van der Waals surface area (Å²) in [5.41, 5.74) is 8.45. The van der Waals surface area contributed by atoms with Gasteiger partial charge < -0.3 is 0 Å². The fourth-order valence-electron chi connectivity index (χ4n) is 2.60. The SMILES string of the molecule is C=C=C(C)c1cc(CC)ccc1CC[C@@H](C)CCCC.CC. The van der Waals surface area contributed by atoms with Crippen molar-refractivity contribution < 1.29 is 0 Å². The molecule has 0 saturated carbocycles. The maximum Gasteiger partial charge on any atom is -0.00224 e. The fourth-order valence-corrected chi connectivity index (χ4v) is 2.60. The van der Waals surface area contributed by atoms with Crippen LogP contribution >= 0.6 is 0 Å². The van der Waals surface area contributed by atoms with Gasteiger partial charge in [0.05, 0.1) is 0 Å². The Hall–Kier alpha value is -1.26. The normalized spacial score (nSPS) is 11.2. The highest BCUT2D eigenvalue weighted by atomic mass is 14.1. The molecule has 0 nitrogen and oxygen atoms in total. The minimum absolute atomic E-state index is 0.821. The minimum Gasteiger partial charge on any atom is -0.125 e. The highest BCUT2D eigenvalue weighted by Crippen LogP contribution is 2.24. The van der Waals surface area contributed by atoms with Crippen LogP contribution in [0.1, 0.15) is 83.9 Å². The van der Waals surface area contributed by atoms with Crippen molar-refractivity contribution >= 4 is 5.57 Å². The second-order valence-electron chi connectivity index (χ2n) is 5.93. The fraction of sp³-hybridized carbons (Fsp3) is 0.591. The van der Waals surface area contributed by atoms with E-state index in [9.17, 15) is 0 Å². The lowest BCUT2D eigenvalue weighted by atomic mass is 9.91. The van der Waals surface area contributed by atoms with Gasteiger partial charge in [0.15, 0.2) is 0 Å². The smallest absolute Gasteiger partial charge is 0.00224 e. The van der Waals surface area contributed by atoms with E-state index < -0.39 is 0 Å². The van der Waals surface area contributed by atoms with Crippen LogP contribution < -0.4 is 0 Å². The van der Waals surface area contributed by atoms with E-state index in [0.29, 0.717) is 0 Å². The maximum atomic E-state index is 3.81. The molecule has 0 saturated heterocycles. The Labute approximate surface area is 139 Å². The van der Waals surface area contributed by atoms with E-state index in [2.05, 4.69) is 58.2 Å². The molecule has 1 atom stereocenters. The first-order chi connectivity index (χ1) is 10.6. The van der Waals surface area contributed by atoms with Crippen molar-refractivity contribution in [3.63, 3.8) is 0 Å². The average molecular weight is 301 g/mol. The summed E-state index contributed by atoms with van der Waals surface area (Å²) < 4.78 is 0. The highest BCUT2D eigenvalue weighted by molar-refractivity contribution is 5.66. The van der Waals surface area contributed by atoms with Crippen molar-refractivity contribution in [3.8, 4) is 0 Å². The number of rotatable bonds is 8. The van der Waals surface area contributed by atoms with Gasteiger partial charge in [0.2, 0.25) is 0 Å². The van der Waals surface area contributed by atoms with Gasteiger partial charge in [0, 0.05) is 0 Å². The summed E-state index contributed by atoms with van der Waals surface area (Å²) in [6.45, 7) is 16.8. The average Bonchev–Trinajstić information content (AvgIpc) is 2.58. The summed E-state index contributed by atoms with van der Waals surface area (Å²) in [6.07, 6.45) is 7.55. The van der Waals surface area contributed by atoms with Crippen LogP contribution in [0.3, 0.4) is 0 Å². The predicted molar refractivity (Wildman–Crippen MR) is 102 cm³/mol. The number of hydrogen-bond acceptors (Lipinski definition) is 0. The zero-order valence-corrected chi connectivity index (χ0v) is 15.8. The van der Waals surface area contributed by atoms with E-state index in [1.54, 1.807) is 0 Å². The molecule has 1 aromatic rings. The molecule has 0 radical (unpaired) electrons. The molecule has 0 spiro atoms. The van der Waals surface area contributed by atoms with Gasteiger partial charge in [-0.25, -0.2) is 0 Å². The molecular formula is C22H36. The zero-order chi connectivity index (χ0) is 17.0. The first-order valence-corrected chi connectivity index (χ1v) is 9.11. The summed E-state index contributed by atoms with van der Waals surface area (Å²) >= 11 is 0. The molecule has 22 heavy (non-hydrogen) atoms. The van der Waals surface area contributed by atoms with Crippen LogP contribution in [0.2, 0.25) is 0 Å². The summed E-state index contributed by atoms with van der Waals surface area (Å²) in [5, 5.41) is 0. The van der Waals surface area contributed by atoms with Gasteiger partial charge in [-0.3, -0.25) is 0 Å². The lowest BCUT2D eigenvalue weighted by molar-refractivity contribution is 0.472. The molecule has 0 heterocycles. The van der Waals surface area contributed by atoms with Crippen LogP contribution in [0, 0.1) is 5.92 Å². The molecule has 0 aliphatic rings. The Balaban J connectivity index is 0.00000211. The maximum absolute atomic E-state index is 3.81. The van der Waals surface area contributed by atoms with Crippen LogP contribution in [0.5, 0.6) is 0 Å². The van der Waals surface area contributed by atoms with Crippen molar-refractivity contribution in [2.75, 3.05) is 0 Å². The lowest BCUT2D eigenvalue weighted by Crippen LogP contribution is -2.00.